The fraction of sp³-hybridized carbons (Fsp3) is 0.389. The number of aryl methyl sites for hydroxylation is 1. The van der Waals surface area contributed by atoms with E-state index in [1.54, 1.807) is 0 Å². The van der Waals surface area contributed by atoms with Crippen LogP contribution in [0.25, 0.3) is 0 Å². The molecule has 2 heterocycles. The van der Waals surface area contributed by atoms with Crippen LogP contribution in [0.3, 0.4) is 0 Å². The van der Waals surface area contributed by atoms with Crippen molar-refractivity contribution in [2.75, 3.05) is 13.1 Å². The van der Waals surface area contributed by atoms with Crippen molar-refractivity contribution in [1.29, 1.82) is 5.26 Å². The minimum atomic E-state index is -1.10. The summed E-state index contributed by atoms with van der Waals surface area (Å²) in [4.78, 5) is 4.20. The molecule has 1 aromatic carbocycles. The standard InChI is InChI=1S/C18H21N3OS/c1-13-16(12-19)14(2)20-17(13)11-15-7-3-4-8-18(15)23(22)21-9-5-6-10-21/h3-4,7-8,20H,5-6,9-11H2,1-2H3. The number of H-pyrrole nitrogens is 1. The maximum atomic E-state index is 12.8. The van der Waals surface area contributed by atoms with Crippen molar-refractivity contribution < 1.29 is 4.21 Å². The Balaban J connectivity index is 1.92. The van der Waals surface area contributed by atoms with E-state index in [0.29, 0.717) is 6.42 Å². The van der Waals surface area contributed by atoms with E-state index < -0.39 is 11.0 Å². The van der Waals surface area contributed by atoms with E-state index >= 15 is 0 Å². The summed E-state index contributed by atoms with van der Waals surface area (Å²) in [6.07, 6.45) is 2.91. The third-order valence-corrected chi connectivity index (χ3v) is 6.09. The third kappa shape index (κ3) is 3.10. The minimum Gasteiger partial charge on any atom is -0.361 e. The lowest BCUT2D eigenvalue weighted by Crippen LogP contribution is -2.23. The van der Waals surface area contributed by atoms with Gasteiger partial charge in [0.1, 0.15) is 17.1 Å². The van der Waals surface area contributed by atoms with Crippen LogP contribution in [0.4, 0.5) is 0 Å². The average molecular weight is 327 g/mol. The summed E-state index contributed by atoms with van der Waals surface area (Å²) < 4.78 is 14.9. The Kier molecular flexibility index (Phi) is 4.65. The van der Waals surface area contributed by atoms with Gasteiger partial charge >= 0.3 is 0 Å². The molecule has 2 aromatic rings. The molecule has 120 valence electrons. The summed E-state index contributed by atoms with van der Waals surface area (Å²) in [6, 6.07) is 10.2. The molecule has 1 saturated heterocycles. The topological polar surface area (TPSA) is 59.9 Å². The lowest BCUT2D eigenvalue weighted by Gasteiger charge is -2.16. The molecular formula is C18H21N3OS. The number of hydrogen-bond acceptors (Lipinski definition) is 2. The first kappa shape index (κ1) is 16.0. The molecule has 5 heteroatoms. The van der Waals surface area contributed by atoms with Crippen LogP contribution in [0.1, 0.15) is 40.9 Å². The largest absolute Gasteiger partial charge is 0.361 e. The van der Waals surface area contributed by atoms with Crippen LogP contribution in [0, 0.1) is 25.2 Å². The predicted molar refractivity (Wildman–Crippen MR) is 91.4 cm³/mol. The first-order valence-corrected chi connectivity index (χ1v) is 9.05. The van der Waals surface area contributed by atoms with Gasteiger partial charge in [-0.15, -0.1) is 0 Å². The smallest absolute Gasteiger partial charge is 0.127 e. The quantitative estimate of drug-likeness (QED) is 0.937. The van der Waals surface area contributed by atoms with E-state index in [1.807, 2.05) is 42.4 Å². The Morgan fingerprint density at radius 3 is 2.61 bits per heavy atom. The fourth-order valence-electron chi connectivity index (χ4n) is 3.16. The van der Waals surface area contributed by atoms with Crippen LogP contribution in [0.2, 0.25) is 0 Å². The lowest BCUT2D eigenvalue weighted by molar-refractivity contribution is 0.535. The normalized spacial score (nSPS) is 16.4. The van der Waals surface area contributed by atoms with Crippen molar-refractivity contribution in [3.63, 3.8) is 0 Å². The van der Waals surface area contributed by atoms with E-state index in [1.165, 1.54) is 0 Å². The van der Waals surface area contributed by atoms with E-state index in [0.717, 1.165) is 58.9 Å². The molecule has 4 nitrogen and oxygen atoms in total. The molecule has 0 aliphatic carbocycles. The number of benzene rings is 1. The minimum absolute atomic E-state index is 0.671. The number of nitrogens with zero attached hydrogens (tertiary/aromatic N) is 2. The van der Waals surface area contributed by atoms with Gasteiger partial charge in [0.25, 0.3) is 0 Å². The highest BCUT2D eigenvalue weighted by Gasteiger charge is 2.22. The first-order chi connectivity index (χ1) is 11.1. The van der Waals surface area contributed by atoms with Gasteiger partial charge < -0.3 is 4.98 Å². The van der Waals surface area contributed by atoms with Crippen LogP contribution in [-0.2, 0) is 17.4 Å². The molecule has 0 saturated carbocycles. The monoisotopic (exact) mass is 327 g/mol. The zero-order valence-electron chi connectivity index (χ0n) is 13.6. The molecule has 1 N–H and O–H groups in total. The Morgan fingerprint density at radius 1 is 1.26 bits per heavy atom. The highest BCUT2D eigenvalue weighted by molar-refractivity contribution is 7.82. The number of aromatic amines is 1. The Morgan fingerprint density at radius 2 is 1.96 bits per heavy atom. The van der Waals surface area contributed by atoms with E-state index in [-0.39, 0.29) is 0 Å². The predicted octanol–water partition coefficient (Wildman–Crippen LogP) is 3.21. The number of hydrogen-bond donors (Lipinski definition) is 1. The summed E-state index contributed by atoms with van der Waals surface area (Å²) >= 11 is 0. The van der Waals surface area contributed by atoms with Crippen molar-refractivity contribution in [3.05, 3.63) is 52.3 Å². The number of nitrogens with one attached hydrogen (secondary N) is 1. The number of nitriles is 1. The molecular weight excluding hydrogens is 306 g/mol. The van der Waals surface area contributed by atoms with Crippen molar-refractivity contribution in [3.8, 4) is 6.07 Å². The molecule has 1 unspecified atom stereocenters. The van der Waals surface area contributed by atoms with Gasteiger partial charge in [-0.25, -0.2) is 8.51 Å². The summed E-state index contributed by atoms with van der Waals surface area (Å²) in [6.45, 7) is 5.70. The van der Waals surface area contributed by atoms with Crippen LogP contribution >= 0.6 is 0 Å². The van der Waals surface area contributed by atoms with E-state index in [9.17, 15) is 9.47 Å². The highest BCUT2D eigenvalue weighted by atomic mass is 32.2. The van der Waals surface area contributed by atoms with Crippen LogP contribution in [0.5, 0.6) is 0 Å². The molecule has 0 bridgehead atoms. The molecule has 3 rings (SSSR count). The van der Waals surface area contributed by atoms with Gasteiger partial charge in [0.15, 0.2) is 0 Å². The second-order valence-corrected chi connectivity index (χ2v) is 7.46. The number of aromatic nitrogens is 1. The molecule has 1 aliphatic rings. The molecule has 1 atom stereocenters. The summed E-state index contributed by atoms with van der Waals surface area (Å²) in [7, 11) is -1.10. The fourth-order valence-corrected chi connectivity index (χ4v) is 4.59. The Bertz CT molecular complexity index is 782. The SMILES string of the molecule is Cc1[nH]c(Cc2ccccc2S(=O)N2CCCC2)c(C)c1C#N. The number of rotatable bonds is 4. The first-order valence-electron chi connectivity index (χ1n) is 7.94. The van der Waals surface area contributed by atoms with Gasteiger partial charge in [0, 0.05) is 30.9 Å². The zero-order chi connectivity index (χ0) is 16.4. The molecule has 1 fully saturated rings. The van der Waals surface area contributed by atoms with Gasteiger partial charge in [0.2, 0.25) is 0 Å². The molecule has 1 aromatic heterocycles. The van der Waals surface area contributed by atoms with Crippen LogP contribution < -0.4 is 0 Å². The summed E-state index contributed by atoms with van der Waals surface area (Å²) in [5.74, 6) is 0. The molecule has 23 heavy (non-hydrogen) atoms. The van der Waals surface area contributed by atoms with Crippen LogP contribution in [-0.4, -0.2) is 26.6 Å². The molecule has 1 aliphatic heterocycles. The third-order valence-electron chi connectivity index (χ3n) is 4.48. The average Bonchev–Trinajstić information content (AvgIpc) is 3.17. The lowest BCUT2D eigenvalue weighted by atomic mass is 10.1. The van der Waals surface area contributed by atoms with E-state index in [4.69, 9.17) is 0 Å². The summed E-state index contributed by atoms with van der Waals surface area (Å²) in [5.41, 5.74) is 4.71. The second-order valence-electron chi connectivity index (χ2n) is 6.01. The maximum Gasteiger partial charge on any atom is 0.127 e. The summed E-state index contributed by atoms with van der Waals surface area (Å²) in [5, 5.41) is 9.24. The molecule has 0 spiro atoms. The van der Waals surface area contributed by atoms with Gasteiger partial charge in [0.05, 0.1) is 10.5 Å². The molecule has 0 radical (unpaired) electrons. The van der Waals surface area contributed by atoms with Crippen molar-refractivity contribution >= 4 is 11.0 Å². The van der Waals surface area contributed by atoms with Crippen molar-refractivity contribution in [2.24, 2.45) is 0 Å². The van der Waals surface area contributed by atoms with Gasteiger partial charge in [-0.1, -0.05) is 18.2 Å². The van der Waals surface area contributed by atoms with Gasteiger partial charge in [-0.05, 0) is 43.9 Å². The highest BCUT2D eigenvalue weighted by Crippen LogP contribution is 2.25. The van der Waals surface area contributed by atoms with Gasteiger partial charge in [-0.3, -0.25) is 0 Å². The van der Waals surface area contributed by atoms with Crippen molar-refractivity contribution in [2.45, 2.75) is 38.0 Å². The van der Waals surface area contributed by atoms with Gasteiger partial charge in [-0.2, -0.15) is 5.26 Å². The van der Waals surface area contributed by atoms with E-state index in [2.05, 4.69) is 11.1 Å². The van der Waals surface area contributed by atoms with Crippen LogP contribution in [0.15, 0.2) is 29.2 Å². The Hall–Kier alpha value is -1.90. The Labute approximate surface area is 139 Å². The second kappa shape index (κ2) is 6.69. The molecule has 0 amide bonds. The zero-order valence-corrected chi connectivity index (χ0v) is 14.4. The van der Waals surface area contributed by atoms with Crippen molar-refractivity contribution in [1.82, 2.24) is 9.29 Å². The maximum absolute atomic E-state index is 12.8.